The Morgan fingerprint density at radius 2 is 2.20 bits per heavy atom. The number of nitrogens with zero attached hydrogens (tertiary/aromatic N) is 1. The highest BCUT2D eigenvalue weighted by molar-refractivity contribution is 7.18. The SMILES string of the molecule is CC(C)c1nc2ccc(NC(=O)N[C@@H]3[C@H]4CCO[C@@H]4C3(C)C)cc2s1. The molecule has 25 heavy (non-hydrogen) atoms. The monoisotopic (exact) mass is 359 g/mol. The molecule has 1 aromatic carbocycles. The lowest BCUT2D eigenvalue weighted by molar-refractivity contribution is -0.107. The van der Waals surface area contributed by atoms with Crippen molar-refractivity contribution in [3.8, 4) is 0 Å². The maximum atomic E-state index is 12.5. The molecule has 2 heterocycles. The number of rotatable bonds is 3. The number of ether oxygens (including phenoxy) is 1. The molecular formula is C19H25N3O2S. The first-order valence-corrected chi connectivity index (χ1v) is 9.77. The minimum Gasteiger partial charge on any atom is -0.377 e. The molecule has 1 saturated carbocycles. The summed E-state index contributed by atoms with van der Waals surface area (Å²) in [5.74, 6) is 0.859. The van der Waals surface area contributed by atoms with Gasteiger partial charge in [0.25, 0.3) is 0 Å². The summed E-state index contributed by atoms with van der Waals surface area (Å²) in [4.78, 5) is 17.1. The van der Waals surface area contributed by atoms with Gasteiger partial charge >= 0.3 is 6.03 Å². The van der Waals surface area contributed by atoms with Crippen molar-refractivity contribution in [3.05, 3.63) is 23.2 Å². The van der Waals surface area contributed by atoms with E-state index in [1.165, 1.54) is 0 Å². The predicted octanol–water partition coefficient (Wildman–Crippen LogP) is 4.35. The average molecular weight is 359 g/mol. The minimum absolute atomic E-state index is 0.00764. The Labute approximate surface area is 152 Å². The van der Waals surface area contributed by atoms with Crippen molar-refractivity contribution < 1.29 is 9.53 Å². The number of benzene rings is 1. The van der Waals surface area contributed by atoms with Gasteiger partial charge in [-0.15, -0.1) is 11.3 Å². The third-order valence-corrected chi connectivity index (χ3v) is 6.86. The van der Waals surface area contributed by atoms with E-state index in [4.69, 9.17) is 4.74 Å². The van der Waals surface area contributed by atoms with Crippen LogP contribution >= 0.6 is 11.3 Å². The number of carbonyl (C=O) groups excluding carboxylic acids is 1. The van der Waals surface area contributed by atoms with Crippen molar-refractivity contribution in [1.29, 1.82) is 0 Å². The van der Waals surface area contributed by atoms with Gasteiger partial charge in [-0.2, -0.15) is 0 Å². The highest BCUT2D eigenvalue weighted by Gasteiger charge is 2.59. The van der Waals surface area contributed by atoms with Crippen molar-refractivity contribution in [1.82, 2.24) is 10.3 Å². The summed E-state index contributed by atoms with van der Waals surface area (Å²) in [6.07, 6.45) is 1.31. The van der Waals surface area contributed by atoms with Crippen LogP contribution < -0.4 is 10.6 Å². The molecule has 2 aliphatic rings. The summed E-state index contributed by atoms with van der Waals surface area (Å²) in [5, 5.41) is 7.26. The Bertz CT molecular complexity index is 814. The fourth-order valence-corrected chi connectivity index (χ4v) is 5.20. The number of anilines is 1. The lowest BCUT2D eigenvalue weighted by atomic mass is 9.57. The summed E-state index contributed by atoms with van der Waals surface area (Å²) >= 11 is 1.69. The van der Waals surface area contributed by atoms with Crippen LogP contribution in [0.5, 0.6) is 0 Å². The van der Waals surface area contributed by atoms with Crippen molar-refractivity contribution >= 4 is 33.3 Å². The molecule has 5 nitrogen and oxygen atoms in total. The van der Waals surface area contributed by atoms with Crippen LogP contribution in [-0.2, 0) is 4.74 Å². The van der Waals surface area contributed by atoms with Crippen LogP contribution in [0.4, 0.5) is 10.5 Å². The van der Waals surface area contributed by atoms with Crippen molar-refractivity contribution in [2.75, 3.05) is 11.9 Å². The summed E-state index contributed by atoms with van der Waals surface area (Å²) < 4.78 is 6.90. The molecule has 2 aromatic rings. The molecule has 4 rings (SSSR count). The minimum atomic E-state index is -0.142. The lowest BCUT2D eigenvalue weighted by Crippen LogP contribution is -2.67. The Hall–Kier alpha value is -1.66. The van der Waals surface area contributed by atoms with Crippen LogP contribution in [0.1, 0.15) is 45.0 Å². The molecule has 0 spiro atoms. The van der Waals surface area contributed by atoms with Crippen LogP contribution in [0.15, 0.2) is 18.2 Å². The average Bonchev–Trinajstić information content (AvgIpc) is 3.17. The number of amides is 2. The molecule has 0 unspecified atom stereocenters. The fraction of sp³-hybridized carbons (Fsp3) is 0.579. The number of hydrogen-bond acceptors (Lipinski definition) is 4. The van der Waals surface area contributed by atoms with E-state index in [9.17, 15) is 4.79 Å². The largest absolute Gasteiger partial charge is 0.377 e. The van der Waals surface area contributed by atoms with E-state index in [0.29, 0.717) is 11.8 Å². The Kier molecular flexibility index (Phi) is 4.00. The number of carbonyl (C=O) groups is 1. The lowest BCUT2D eigenvalue weighted by Gasteiger charge is -2.54. The summed E-state index contributed by atoms with van der Waals surface area (Å²) in [6, 6.07) is 5.92. The second-order valence-corrected chi connectivity index (χ2v) is 9.09. The van der Waals surface area contributed by atoms with E-state index in [1.807, 2.05) is 18.2 Å². The molecule has 2 fully saturated rings. The molecule has 1 saturated heterocycles. The van der Waals surface area contributed by atoms with E-state index >= 15 is 0 Å². The first-order chi connectivity index (χ1) is 11.9. The van der Waals surface area contributed by atoms with Crippen molar-refractivity contribution in [3.63, 3.8) is 0 Å². The molecule has 0 bridgehead atoms. The van der Waals surface area contributed by atoms with Crippen LogP contribution in [0.3, 0.4) is 0 Å². The maximum Gasteiger partial charge on any atom is 0.319 e. The van der Waals surface area contributed by atoms with Crippen LogP contribution in [0, 0.1) is 11.3 Å². The standard InChI is InChI=1S/C19H25N3O2S/c1-10(2)17-21-13-6-5-11(9-14(13)25-17)20-18(23)22-15-12-7-8-24-16(12)19(15,3)4/h5-6,9-10,12,15-16H,7-8H2,1-4H3,(H2,20,22,23)/t12-,15-,16+/m1/s1. The maximum absolute atomic E-state index is 12.5. The fourth-order valence-electron chi connectivity index (χ4n) is 4.19. The molecule has 134 valence electrons. The van der Waals surface area contributed by atoms with Gasteiger partial charge in [-0.05, 0) is 24.6 Å². The summed E-state index contributed by atoms with van der Waals surface area (Å²) in [7, 11) is 0. The van der Waals surface area contributed by atoms with Crippen LogP contribution in [0.25, 0.3) is 10.2 Å². The van der Waals surface area contributed by atoms with Crippen LogP contribution in [-0.4, -0.2) is 29.8 Å². The Balaban J connectivity index is 1.45. The topological polar surface area (TPSA) is 63.2 Å². The molecule has 3 atom stereocenters. The molecule has 1 aromatic heterocycles. The Morgan fingerprint density at radius 1 is 1.40 bits per heavy atom. The predicted molar refractivity (Wildman–Crippen MR) is 101 cm³/mol. The van der Waals surface area contributed by atoms with E-state index in [0.717, 1.165) is 33.9 Å². The molecule has 0 radical (unpaired) electrons. The van der Waals surface area contributed by atoms with Gasteiger partial charge in [0.05, 0.1) is 21.3 Å². The Morgan fingerprint density at radius 3 is 2.96 bits per heavy atom. The van der Waals surface area contributed by atoms with Crippen molar-refractivity contribution in [2.45, 2.75) is 52.2 Å². The highest BCUT2D eigenvalue weighted by Crippen LogP contribution is 2.52. The van der Waals surface area contributed by atoms with Gasteiger partial charge < -0.3 is 15.4 Å². The third-order valence-electron chi connectivity index (χ3n) is 5.54. The number of urea groups is 1. The van der Waals surface area contributed by atoms with Gasteiger partial charge in [-0.25, -0.2) is 9.78 Å². The normalized spacial score (nSPS) is 27.2. The van der Waals surface area contributed by atoms with Crippen molar-refractivity contribution in [2.24, 2.45) is 11.3 Å². The van der Waals surface area contributed by atoms with E-state index in [2.05, 4.69) is 43.3 Å². The molecule has 1 aliphatic heterocycles. The quantitative estimate of drug-likeness (QED) is 0.856. The van der Waals surface area contributed by atoms with E-state index in [1.54, 1.807) is 11.3 Å². The van der Waals surface area contributed by atoms with Gasteiger partial charge in [0.15, 0.2) is 0 Å². The summed E-state index contributed by atoms with van der Waals surface area (Å²) in [6.45, 7) is 9.43. The van der Waals surface area contributed by atoms with Gasteiger partial charge in [-0.3, -0.25) is 0 Å². The zero-order chi connectivity index (χ0) is 17.8. The van der Waals surface area contributed by atoms with Gasteiger partial charge in [0.2, 0.25) is 0 Å². The zero-order valence-corrected chi connectivity index (χ0v) is 15.9. The molecule has 6 heteroatoms. The highest BCUT2D eigenvalue weighted by atomic mass is 32.1. The number of thiazole rings is 1. The van der Waals surface area contributed by atoms with Crippen LogP contribution in [0.2, 0.25) is 0 Å². The molecule has 2 N–H and O–H groups in total. The number of nitrogens with one attached hydrogen (secondary N) is 2. The first kappa shape index (κ1) is 16.8. The third kappa shape index (κ3) is 2.81. The van der Waals surface area contributed by atoms with Gasteiger partial charge in [0, 0.05) is 35.6 Å². The van der Waals surface area contributed by atoms with Gasteiger partial charge in [0.1, 0.15) is 0 Å². The first-order valence-electron chi connectivity index (χ1n) is 8.96. The second kappa shape index (κ2) is 5.95. The number of aromatic nitrogens is 1. The molecule has 1 aliphatic carbocycles. The summed E-state index contributed by atoms with van der Waals surface area (Å²) in [5.41, 5.74) is 1.79. The number of fused-ring (bicyclic) bond motifs is 2. The van der Waals surface area contributed by atoms with Gasteiger partial charge in [-0.1, -0.05) is 27.7 Å². The smallest absolute Gasteiger partial charge is 0.319 e. The second-order valence-electron chi connectivity index (χ2n) is 8.03. The van der Waals surface area contributed by atoms with E-state index in [-0.39, 0.29) is 23.6 Å². The zero-order valence-electron chi connectivity index (χ0n) is 15.1. The van der Waals surface area contributed by atoms with E-state index < -0.39 is 0 Å². The molecular weight excluding hydrogens is 334 g/mol. The number of hydrogen-bond donors (Lipinski definition) is 2. The molecule has 2 amide bonds.